The quantitative estimate of drug-likeness (QED) is 0.905. The summed E-state index contributed by atoms with van der Waals surface area (Å²) < 4.78 is 0. The molecular formula is C15H19NO3. The van der Waals surface area contributed by atoms with E-state index >= 15 is 0 Å². The molecule has 19 heavy (non-hydrogen) atoms. The van der Waals surface area contributed by atoms with Gasteiger partial charge in [-0.25, -0.2) is 4.79 Å². The van der Waals surface area contributed by atoms with Crippen molar-refractivity contribution in [3.8, 4) is 0 Å². The first-order valence-electron chi connectivity index (χ1n) is 6.67. The zero-order valence-corrected chi connectivity index (χ0v) is 11.3. The lowest BCUT2D eigenvalue weighted by Gasteiger charge is -2.24. The van der Waals surface area contributed by atoms with Crippen molar-refractivity contribution in [3.05, 3.63) is 29.8 Å². The van der Waals surface area contributed by atoms with E-state index in [4.69, 9.17) is 0 Å². The molecule has 1 N–H and O–H groups in total. The van der Waals surface area contributed by atoms with E-state index < -0.39 is 12.0 Å². The second kappa shape index (κ2) is 5.43. The third-order valence-corrected chi connectivity index (χ3v) is 3.75. The Morgan fingerprint density at radius 3 is 2.74 bits per heavy atom. The molecule has 1 aliphatic heterocycles. The number of rotatable bonds is 4. The summed E-state index contributed by atoms with van der Waals surface area (Å²) in [6.45, 7) is 4.04. The maximum absolute atomic E-state index is 12.4. The number of carbonyl (C=O) groups excluding carboxylic acids is 1. The number of aliphatic carboxylic acids is 1. The van der Waals surface area contributed by atoms with E-state index in [0.29, 0.717) is 12.8 Å². The number of fused-ring (bicyclic) bond motifs is 1. The highest BCUT2D eigenvalue weighted by molar-refractivity contribution is 6.01. The van der Waals surface area contributed by atoms with Crippen LogP contribution in [-0.2, 0) is 16.0 Å². The van der Waals surface area contributed by atoms with Gasteiger partial charge in [0.1, 0.15) is 6.04 Å². The summed E-state index contributed by atoms with van der Waals surface area (Å²) in [5.41, 5.74) is 1.69. The van der Waals surface area contributed by atoms with Gasteiger partial charge >= 0.3 is 5.97 Å². The zero-order chi connectivity index (χ0) is 14.0. The Bertz CT molecular complexity index is 498. The van der Waals surface area contributed by atoms with E-state index in [2.05, 4.69) is 0 Å². The molecular weight excluding hydrogens is 242 g/mol. The molecule has 2 unspecified atom stereocenters. The molecule has 1 aromatic carbocycles. The molecule has 0 bridgehead atoms. The van der Waals surface area contributed by atoms with E-state index in [-0.39, 0.29) is 11.8 Å². The molecule has 1 amide bonds. The summed E-state index contributed by atoms with van der Waals surface area (Å²) >= 11 is 0. The predicted octanol–water partition coefficient (Wildman–Crippen LogP) is 2.47. The summed E-state index contributed by atoms with van der Waals surface area (Å²) in [5.74, 6) is -0.755. The van der Waals surface area contributed by atoms with Gasteiger partial charge in [-0.05, 0) is 17.5 Å². The fourth-order valence-electron chi connectivity index (χ4n) is 2.43. The topological polar surface area (TPSA) is 57.6 Å². The lowest BCUT2D eigenvalue weighted by Crippen LogP contribution is -2.43. The maximum Gasteiger partial charge on any atom is 0.327 e. The minimum atomic E-state index is -0.936. The van der Waals surface area contributed by atoms with Crippen LogP contribution in [-0.4, -0.2) is 23.0 Å². The number of hydrogen-bond acceptors (Lipinski definition) is 2. The fraction of sp³-hybridized carbons (Fsp3) is 0.467. The Morgan fingerprint density at radius 1 is 1.42 bits per heavy atom. The molecule has 2 rings (SSSR count). The van der Waals surface area contributed by atoms with E-state index in [9.17, 15) is 14.7 Å². The molecule has 1 heterocycles. The Balaban J connectivity index is 2.29. The summed E-state index contributed by atoms with van der Waals surface area (Å²) in [6.07, 6.45) is 1.71. The van der Waals surface area contributed by atoms with Gasteiger partial charge in [0.15, 0.2) is 0 Å². The van der Waals surface area contributed by atoms with Gasteiger partial charge in [0.25, 0.3) is 0 Å². The number of hydrogen-bond donors (Lipinski definition) is 1. The Morgan fingerprint density at radius 2 is 2.11 bits per heavy atom. The number of carboxylic acids is 1. The lowest BCUT2D eigenvalue weighted by molar-refractivity contribution is -0.140. The molecule has 102 valence electrons. The van der Waals surface area contributed by atoms with Crippen molar-refractivity contribution in [1.82, 2.24) is 0 Å². The van der Waals surface area contributed by atoms with Crippen molar-refractivity contribution in [3.63, 3.8) is 0 Å². The number of nitrogens with zero attached hydrogens (tertiary/aromatic N) is 1. The number of benzene rings is 1. The largest absolute Gasteiger partial charge is 0.480 e. The van der Waals surface area contributed by atoms with Crippen LogP contribution in [0.2, 0.25) is 0 Å². The van der Waals surface area contributed by atoms with Crippen molar-refractivity contribution in [2.45, 2.75) is 39.2 Å². The molecule has 0 radical (unpaired) electrons. The van der Waals surface area contributed by atoms with Crippen LogP contribution >= 0.6 is 0 Å². The number of carboxylic acid groups (broad SMARTS) is 1. The van der Waals surface area contributed by atoms with Gasteiger partial charge < -0.3 is 5.11 Å². The highest BCUT2D eigenvalue weighted by atomic mass is 16.4. The SMILES string of the molecule is CCC(C)CC(=O)N1c2ccccc2CC1C(=O)O. The number of carbonyl (C=O) groups is 2. The van der Waals surface area contributed by atoms with Gasteiger partial charge in [0.05, 0.1) is 0 Å². The summed E-state index contributed by atoms with van der Waals surface area (Å²) in [7, 11) is 0. The first-order chi connectivity index (χ1) is 9.04. The van der Waals surface area contributed by atoms with Crippen molar-refractivity contribution >= 4 is 17.6 Å². The molecule has 0 spiro atoms. The molecule has 4 nitrogen and oxygen atoms in total. The highest BCUT2D eigenvalue weighted by Crippen LogP contribution is 2.33. The molecule has 0 aliphatic carbocycles. The highest BCUT2D eigenvalue weighted by Gasteiger charge is 2.38. The monoisotopic (exact) mass is 261 g/mol. The van der Waals surface area contributed by atoms with Crippen LogP contribution in [0.1, 0.15) is 32.3 Å². The fourth-order valence-corrected chi connectivity index (χ4v) is 2.43. The first kappa shape index (κ1) is 13.6. The Hall–Kier alpha value is -1.84. The van der Waals surface area contributed by atoms with Crippen molar-refractivity contribution < 1.29 is 14.7 Å². The Kier molecular flexibility index (Phi) is 3.88. The molecule has 1 aromatic rings. The number of anilines is 1. The molecule has 1 aliphatic rings. The van der Waals surface area contributed by atoms with Crippen molar-refractivity contribution in [2.75, 3.05) is 4.90 Å². The van der Waals surface area contributed by atoms with Crippen molar-refractivity contribution in [2.24, 2.45) is 5.92 Å². The molecule has 0 aromatic heterocycles. The minimum absolute atomic E-state index is 0.0910. The summed E-state index contributed by atoms with van der Waals surface area (Å²) in [5, 5.41) is 9.30. The predicted molar refractivity (Wildman–Crippen MR) is 73.1 cm³/mol. The van der Waals surface area contributed by atoms with Gasteiger partial charge in [-0.15, -0.1) is 0 Å². The smallest absolute Gasteiger partial charge is 0.327 e. The first-order valence-corrected chi connectivity index (χ1v) is 6.67. The molecule has 2 atom stereocenters. The van der Waals surface area contributed by atoms with Crippen molar-refractivity contribution in [1.29, 1.82) is 0 Å². The standard InChI is InChI=1S/C15H19NO3/c1-3-10(2)8-14(17)16-12-7-5-4-6-11(12)9-13(16)15(18)19/h4-7,10,13H,3,8-9H2,1-2H3,(H,18,19). The van der Waals surface area contributed by atoms with E-state index in [0.717, 1.165) is 17.7 Å². The average molecular weight is 261 g/mol. The third kappa shape index (κ3) is 2.62. The zero-order valence-electron chi connectivity index (χ0n) is 11.3. The normalized spacial score (nSPS) is 19.1. The molecule has 0 saturated carbocycles. The van der Waals surface area contributed by atoms with E-state index in [1.807, 2.05) is 38.1 Å². The summed E-state index contributed by atoms with van der Waals surface area (Å²) in [4.78, 5) is 25.2. The van der Waals surface area contributed by atoms with Crippen LogP contribution in [0.15, 0.2) is 24.3 Å². The van der Waals surface area contributed by atoms with Crippen LogP contribution in [0.4, 0.5) is 5.69 Å². The Labute approximate surface area is 113 Å². The van der Waals surface area contributed by atoms with Crippen LogP contribution in [0.3, 0.4) is 0 Å². The van der Waals surface area contributed by atoms with E-state index in [1.54, 1.807) is 0 Å². The second-order valence-electron chi connectivity index (χ2n) is 5.17. The van der Waals surface area contributed by atoms with Crippen LogP contribution in [0, 0.1) is 5.92 Å². The number of amides is 1. The van der Waals surface area contributed by atoms with Gasteiger partial charge in [0, 0.05) is 18.5 Å². The van der Waals surface area contributed by atoms with Gasteiger partial charge in [-0.1, -0.05) is 38.5 Å². The number of para-hydroxylation sites is 1. The van der Waals surface area contributed by atoms with Crippen LogP contribution < -0.4 is 4.90 Å². The summed E-state index contributed by atoms with van der Waals surface area (Å²) in [6, 6.07) is 6.68. The van der Waals surface area contributed by atoms with Gasteiger partial charge in [-0.2, -0.15) is 0 Å². The molecule has 4 heteroatoms. The second-order valence-corrected chi connectivity index (χ2v) is 5.17. The van der Waals surface area contributed by atoms with Gasteiger partial charge in [0.2, 0.25) is 5.91 Å². The van der Waals surface area contributed by atoms with Crippen LogP contribution in [0.25, 0.3) is 0 Å². The van der Waals surface area contributed by atoms with Crippen LogP contribution in [0.5, 0.6) is 0 Å². The van der Waals surface area contributed by atoms with E-state index in [1.165, 1.54) is 4.90 Å². The lowest BCUT2D eigenvalue weighted by atomic mass is 10.0. The van der Waals surface area contributed by atoms with Gasteiger partial charge in [-0.3, -0.25) is 9.69 Å². The molecule has 0 saturated heterocycles. The molecule has 0 fully saturated rings. The average Bonchev–Trinajstić information content (AvgIpc) is 2.78. The minimum Gasteiger partial charge on any atom is -0.480 e. The maximum atomic E-state index is 12.4. The third-order valence-electron chi connectivity index (χ3n) is 3.75.